The van der Waals surface area contributed by atoms with Crippen LogP contribution in [0.5, 0.6) is 0 Å². The number of carbonyl (C=O) groups is 3. The molecule has 0 amide bonds. The molecule has 0 radical (unpaired) electrons. The third-order valence-electron chi connectivity index (χ3n) is 0.891. The third-order valence-corrected chi connectivity index (χ3v) is 0.891. The second kappa shape index (κ2) is 6.42. The molecule has 0 aromatic rings. The number of rotatable bonds is 0. The topological polar surface area (TPSA) is 80.7 Å². The second-order valence-electron chi connectivity index (χ2n) is 2.48. The minimum absolute atomic E-state index is 2.45. The quantitative estimate of drug-likeness (QED) is 0.418. The Morgan fingerprint density at radius 2 is 0.850 bits per heavy atom. The molecule has 0 atom stereocenters. The molecule has 0 rings (SSSR count). The molecule has 0 aliphatic carbocycles. The molecule has 0 heterocycles. The highest BCUT2D eigenvalue weighted by molar-refractivity contribution is 5.90. The van der Waals surface area contributed by atoms with Crippen LogP contribution in [0.2, 0.25) is 0 Å². The minimum Gasteiger partial charge on any atom is -0.475 e. The molecular formula is C6HF9O5. The van der Waals surface area contributed by atoms with Crippen molar-refractivity contribution in [1.29, 1.82) is 0 Å². The van der Waals surface area contributed by atoms with Crippen LogP contribution < -0.4 is 0 Å². The summed E-state index contributed by atoms with van der Waals surface area (Å²) in [5.41, 5.74) is 0. The van der Waals surface area contributed by atoms with E-state index < -0.39 is 36.4 Å². The van der Waals surface area contributed by atoms with E-state index in [1.807, 2.05) is 0 Å². The molecule has 14 heteroatoms. The molecule has 0 saturated carbocycles. The van der Waals surface area contributed by atoms with Gasteiger partial charge in [-0.05, 0) is 0 Å². The number of carboxylic acids is 1. The van der Waals surface area contributed by atoms with Crippen LogP contribution in [0.3, 0.4) is 0 Å². The fourth-order valence-corrected chi connectivity index (χ4v) is 0.200. The first-order chi connectivity index (χ1) is 8.49. The van der Waals surface area contributed by atoms with Gasteiger partial charge in [-0.3, -0.25) is 0 Å². The molecular weight excluding hydrogens is 323 g/mol. The first-order valence-corrected chi connectivity index (χ1v) is 3.70. The van der Waals surface area contributed by atoms with E-state index in [1.54, 1.807) is 0 Å². The molecule has 0 saturated heterocycles. The predicted octanol–water partition coefficient (Wildman–Crippen LogP) is 1.81. The number of hydrogen-bond donors (Lipinski definition) is 1. The molecule has 0 spiro atoms. The SMILES string of the molecule is O=C(O)C(F)(F)F.O=C(OC(=O)C(F)(F)F)C(F)(F)F. The molecule has 0 bridgehead atoms. The van der Waals surface area contributed by atoms with Crippen LogP contribution in [0.4, 0.5) is 39.5 Å². The monoisotopic (exact) mass is 324 g/mol. The van der Waals surface area contributed by atoms with E-state index in [1.165, 1.54) is 0 Å². The number of halogens is 9. The Kier molecular flexibility index (Phi) is 6.52. The van der Waals surface area contributed by atoms with Crippen molar-refractivity contribution in [2.24, 2.45) is 0 Å². The number of aliphatic carboxylic acids is 1. The van der Waals surface area contributed by atoms with Gasteiger partial charge in [-0.2, -0.15) is 39.5 Å². The zero-order chi connectivity index (χ0) is 16.9. The molecule has 0 aromatic carbocycles. The maximum Gasteiger partial charge on any atom is 0.491 e. The van der Waals surface area contributed by atoms with Crippen molar-refractivity contribution in [3.8, 4) is 0 Å². The van der Waals surface area contributed by atoms with Crippen molar-refractivity contribution in [1.82, 2.24) is 0 Å². The molecule has 0 unspecified atom stereocenters. The van der Waals surface area contributed by atoms with Gasteiger partial charge in [-0.25, -0.2) is 14.4 Å². The van der Waals surface area contributed by atoms with Gasteiger partial charge < -0.3 is 9.84 Å². The molecule has 0 aromatic heterocycles. The summed E-state index contributed by atoms with van der Waals surface area (Å²) in [6, 6.07) is 0. The van der Waals surface area contributed by atoms with E-state index in [9.17, 15) is 49.1 Å². The first-order valence-electron chi connectivity index (χ1n) is 3.70. The molecule has 20 heavy (non-hydrogen) atoms. The fourth-order valence-electron chi connectivity index (χ4n) is 0.200. The van der Waals surface area contributed by atoms with Crippen molar-refractivity contribution in [3.05, 3.63) is 0 Å². The Labute approximate surface area is 101 Å². The zero-order valence-corrected chi connectivity index (χ0v) is 8.48. The predicted molar refractivity (Wildman–Crippen MR) is 36.9 cm³/mol. The average Bonchev–Trinajstić information content (AvgIpc) is 2.13. The number of ether oxygens (including phenoxy) is 1. The summed E-state index contributed by atoms with van der Waals surface area (Å²) in [5, 5.41) is 7.12. The van der Waals surface area contributed by atoms with Crippen LogP contribution in [0.15, 0.2) is 0 Å². The van der Waals surface area contributed by atoms with Crippen molar-refractivity contribution in [2.45, 2.75) is 18.5 Å². The molecule has 0 fully saturated rings. The average molecular weight is 324 g/mol. The fraction of sp³-hybridized carbons (Fsp3) is 0.500. The Balaban J connectivity index is 0. The third kappa shape index (κ3) is 8.98. The summed E-state index contributed by atoms with van der Waals surface area (Å²) < 4.78 is 101. The minimum atomic E-state index is -5.62. The van der Waals surface area contributed by atoms with Crippen molar-refractivity contribution >= 4 is 17.9 Å². The Bertz CT molecular complexity index is 352. The normalized spacial score (nSPS) is 12.1. The van der Waals surface area contributed by atoms with E-state index in [0.717, 1.165) is 0 Å². The van der Waals surface area contributed by atoms with Crippen LogP contribution in [0.1, 0.15) is 0 Å². The summed E-state index contributed by atoms with van der Waals surface area (Å²) in [5.74, 6) is -9.16. The van der Waals surface area contributed by atoms with Crippen molar-refractivity contribution in [2.75, 3.05) is 0 Å². The summed E-state index contributed by atoms with van der Waals surface area (Å²) in [7, 11) is 0. The molecule has 1 N–H and O–H groups in total. The van der Waals surface area contributed by atoms with Crippen LogP contribution in [0, 0.1) is 0 Å². The van der Waals surface area contributed by atoms with E-state index in [-0.39, 0.29) is 0 Å². The number of alkyl halides is 9. The van der Waals surface area contributed by atoms with Crippen molar-refractivity contribution in [3.63, 3.8) is 0 Å². The van der Waals surface area contributed by atoms with Gasteiger partial charge in [-0.1, -0.05) is 0 Å². The van der Waals surface area contributed by atoms with Gasteiger partial charge in [0, 0.05) is 0 Å². The highest BCUT2D eigenvalue weighted by atomic mass is 19.4. The second-order valence-corrected chi connectivity index (χ2v) is 2.48. The Morgan fingerprint density at radius 1 is 0.650 bits per heavy atom. The lowest BCUT2D eigenvalue weighted by Crippen LogP contribution is -2.34. The van der Waals surface area contributed by atoms with Gasteiger partial charge in [0.05, 0.1) is 0 Å². The molecule has 5 nitrogen and oxygen atoms in total. The Morgan fingerprint density at radius 3 is 0.950 bits per heavy atom. The lowest BCUT2D eigenvalue weighted by Gasteiger charge is -2.06. The van der Waals surface area contributed by atoms with Crippen LogP contribution in [-0.4, -0.2) is 41.5 Å². The summed E-state index contributed by atoms with van der Waals surface area (Å²) in [6.45, 7) is 0. The molecule has 118 valence electrons. The number of esters is 2. The van der Waals surface area contributed by atoms with E-state index in [4.69, 9.17) is 9.90 Å². The maximum absolute atomic E-state index is 11.2. The number of hydrogen-bond acceptors (Lipinski definition) is 4. The zero-order valence-electron chi connectivity index (χ0n) is 8.48. The Hall–Kier alpha value is -2.02. The van der Waals surface area contributed by atoms with E-state index >= 15 is 0 Å². The van der Waals surface area contributed by atoms with Gasteiger partial charge in [-0.15, -0.1) is 0 Å². The smallest absolute Gasteiger partial charge is 0.475 e. The number of carboxylic acid groups (broad SMARTS) is 1. The standard InChI is InChI=1S/C4F6O3.C2HF3O2/c5-3(6,7)1(11)13-2(12)4(8,9)10;3-2(4,5)1(6)7/h;(H,6,7). The van der Waals surface area contributed by atoms with Gasteiger partial charge in [0.2, 0.25) is 0 Å². The molecule has 0 aliphatic rings. The van der Waals surface area contributed by atoms with Gasteiger partial charge >= 0.3 is 36.4 Å². The summed E-state index contributed by atoms with van der Waals surface area (Å²) in [6.07, 6.45) is -16.3. The van der Waals surface area contributed by atoms with Gasteiger partial charge in [0.1, 0.15) is 0 Å². The lowest BCUT2D eigenvalue weighted by atomic mass is 10.6. The van der Waals surface area contributed by atoms with Crippen molar-refractivity contribution < 1.29 is 63.7 Å². The maximum atomic E-state index is 11.2. The number of carbonyl (C=O) groups excluding carboxylic acids is 2. The van der Waals surface area contributed by atoms with Crippen LogP contribution in [0.25, 0.3) is 0 Å². The van der Waals surface area contributed by atoms with Crippen LogP contribution in [-0.2, 0) is 19.1 Å². The molecule has 0 aliphatic heterocycles. The first kappa shape index (κ1) is 20.3. The largest absolute Gasteiger partial charge is 0.491 e. The summed E-state index contributed by atoms with van der Waals surface area (Å²) >= 11 is 0. The highest BCUT2D eigenvalue weighted by Gasteiger charge is 2.49. The van der Waals surface area contributed by atoms with Gasteiger partial charge in [0.15, 0.2) is 0 Å². The summed E-state index contributed by atoms with van der Waals surface area (Å²) in [4.78, 5) is 28.2. The lowest BCUT2D eigenvalue weighted by molar-refractivity contribution is -0.221. The van der Waals surface area contributed by atoms with Crippen LogP contribution >= 0.6 is 0 Å². The van der Waals surface area contributed by atoms with E-state index in [0.29, 0.717) is 0 Å². The van der Waals surface area contributed by atoms with Gasteiger partial charge in [0.25, 0.3) is 0 Å². The highest BCUT2D eigenvalue weighted by Crippen LogP contribution is 2.21. The van der Waals surface area contributed by atoms with E-state index in [2.05, 4.69) is 4.74 Å².